The van der Waals surface area contributed by atoms with Crippen LogP contribution in [0.1, 0.15) is 61.9 Å². The van der Waals surface area contributed by atoms with E-state index >= 15 is 0 Å². The number of rotatable bonds is 8. The normalized spacial score (nSPS) is 15.7. The first-order valence-electron chi connectivity index (χ1n) is 12.3. The number of carbonyl (C=O) groups excluding carboxylic acids is 3. The Bertz CT molecular complexity index is 1060. The van der Waals surface area contributed by atoms with Crippen LogP contribution in [0, 0.1) is 0 Å². The van der Waals surface area contributed by atoms with Gasteiger partial charge < -0.3 is 20.4 Å². The lowest BCUT2D eigenvalue weighted by molar-refractivity contribution is -0.118. The van der Waals surface area contributed by atoms with Crippen molar-refractivity contribution in [2.45, 2.75) is 58.4 Å². The van der Waals surface area contributed by atoms with Gasteiger partial charge in [-0.3, -0.25) is 14.4 Å². The highest BCUT2D eigenvalue weighted by Gasteiger charge is 2.25. The maximum Gasteiger partial charge on any atom is 0.251 e. The van der Waals surface area contributed by atoms with Crippen molar-refractivity contribution in [2.24, 2.45) is 0 Å². The van der Waals surface area contributed by atoms with Crippen LogP contribution in [0.15, 0.2) is 42.5 Å². The summed E-state index contributed by atoms with van der Waals surface area (Å²) in [6, 6.07) is 12.7. The van der Waals surface area contributed by atoms with Crippen molar-refractivity contribution in [3.05, 3.63) is 53.6 Å². The molecule has 180 valence electrons. The van der Waals surface area contributed by atoms with Crippen LogP contribution < -0.4 is 20.4 Å². The van der Waals surface area contributed by atoms with Crippen molar-refractivity contribution >= 4 is 34.8 Å². The first kappa shape index (κ1) is 23.8. The largest absolute Gasteiger partial charge is 0.371 e. The zero-order valence-electron chi connectivity index (χ0n) is 20.1. The molecule has 0 bridgehead atoms. The second-order valence-corrected chi connectivity index (χ2v) is 9.17. The van der Waals surface area contributed by atoms with Crippen molar-refractivity contribution in [1.82, 2.24) is 5.32 Å². The Balaban J connectivity index is 1.44. The van der Waals surface area contributed by atoms with Gasteiger partial charge in [-0.2, -0.15) is 0 Å². The summed E-state index contributed by atoms with van der Waals surface area (Å²) >= 11 is 0. The molecule has 1 atom stereocenters. The topological polar surface area (TPSA) is 81.8 Å². The number of unbranched alkanes of at least 4 members (excludes halogenated alkanes) is 1. The van der Waals surface area contributed by atoms with Gasteiger partial charge in [0.1, 0.15) is 6.04 Å². The maximum absolute atomic E-state index is 13.1. The van der Waals surface area contributed by atoms with E-state index in [2.05, 4.69) is 28.5 Å². The molecule has 0 aromatic heterocycles. The van der Waals surface area contributed by atoms with E-state index in [1.807, 2.05) is 30.3 Å². The van der Waals surface area contributed by atoms with Crippen molar-refractivity contribution in [3.63, 3.8) is 0 Å². The molecular formula is C27H34N4O3. The maximum atomic E-state index is 13.1. The van der Waals surface area contributed by atoms with Crippen LogP contribution >= 0.6 is 0 Å². The lowest BCUT2D eigenvalue weighted by Gasteiger charge is -2.21. The Morgan fingerprint density at radius 1 is 1.03 bits per heavy atom. The van der Waals surface area contributed by atoms with Crippen LogP contribution in [0.3, 0.4) is 0 Å². The molecule has 2 aromatic carbocycles. The van der Waals surface area contributed by atoms with Gasteiger partial charge in [-0.15, -0.1) is 0 Å². The van der Waals surface area contributed by atoms with Crippen molar-refractivity contribution < 1.29 is 14.4 Å². The van der Waals surface area contributed by atoms with E-state index in [9.17, 15) is 14.4 Å². The van der Waals surface area contributed by atoms with E-state index in [1.165, 1.54) is 12.8 Å². The first-order chi connectivity index (χ1) is 16.5. The molecule has 3 amide bonds. The standard InChI is InChI=1S/C27H34N4O3/c1-3-4-10-24(27(34)28-22-8-7-9-23(18-22)30-14-5-6-15-30)29-26(33)21-11-12-25-20(17-21)13-16-31(25)19(2)32/h7-9,11-12,17-18,24H,3-6,10,13-16H2,1-2H3,(H,28,34)(H,29,33). The Morgan fingerprint density at radius 2 is 1.82 bits per heavy atom. The molecule has 4 rings (SSSR count). The summed E-state index contributed by atoms with van der Waals surface area (Å²) in [6.45, 7) is 6.33. The summed E-state index contributed by atoms with van der Waals surface area (Å²) in [7, 11) is 0. The molecule has 7 nitrogen and oxygen atoms in total. The molecule has 0 radical (unpaired) electrons. The van der Waals surface area contributed by atoms with Gasteiger partial charge in [0, 0.05) is 49.2 Å². The van der Waals surface area contributed by atoms with E-state index in [1.54, 1.807) is 17.9 Å². The number of nitrogens with zero attached hydrogens (tertiary/aromatic N) is 2. The quantitative estimate of drug-likeness (QED) is 0.618. The Hall–Kier alpha value is -3.35. The number of carbonyl (C=O) groups is 3. The summed E-state index contributed by atoms with van der Waals surface area (Å²) in [6.07, 6.45) is 5.45. The van der Waals surface area contributed by atoms with Gasteiger partial charge in [0.05, 0.1) is 0 Å². The molecule has 0 spiro atoms. The third-order valence-corrected chi connectivity index (χ3v) is 6.67. The van der Waals surface area contributed by atoms with Crippen LogP contribution in [0.25, 0.3) is 0 Å². The lowest BCUT2D eigenvalue weighted by Crippen LogP contribution is -2.43. The molecule has 2 aliphatic rings. The summed E-state index contributed by atoms with van der Waals surface area (Å²) in [5.41, 5.74) is 4.21. The van der Waals surface area contributed by atoms with Gasteiger partial charge in [-0.1, -0.05) is 25.8 Å². The molecule has 7 heteroatoms. The fraction of sp³-hybridized carbons (Fsp3) is 0.444. The Labute approximate surface area is 201 Å². The van der Waals surface area contributed by atoms with Gasteiger partial charge >= 0.3 is 0 Å². The molecule has 2 N–H and O–H groups in total. The highest BCUT2D eigenvalue weighted by Crippen LogP contribution is 2.29. The van der Waals surface area contributed by atoms with Crippen molar-refractivity contribution in [1.29, 1.82) is 0 Å². The SMILES string of the molecule is CCCCC(NC(=O)c1ccc2c(c1)CCN2C(C)=O)C(=O)Nc1cccc(N2CCCC2)c1. The third-order valence-electron chi connectivity index (χ3n) is 6.67. The number of anilines is 3. The summed E-state index contributed by atoms with van der Waals surface area (Å²) in [5, 5.41) is 5.95. The lowest BCUT2D eigenvalue weighted by atomic mass is 10.1. The second-order valence-electron chi connectivity index (χ2n) is 9.17. The van der Waals surface area contributed by atoms with Gasteiger partial charge in [-0.25, -0.2) is 0 Å². The fourth-order valence-electron chi connectivity index (χ4n) is 4.77. The predicted octanol–water partition coefficient (Wildman–Crippen LogP) is 4.12. The average molecular weight is 463 g/mol. The monoisotopic (exact) mass is 462 g/mol. The molecule has 2 aromatic rings. The van der Waals surface area contributed by atoms with Crippen molar-refractivity contribution in [3.8, 4) is 0 Å². The first-order valence-corrected chi connectivity index (χ1v) is 12.3. The number of fused-ring (bicyclic) bond motifs is 1. The average Bonchev–Trinajstić information content (AvgIpc) is 3.51. The van der Waals surface area contributed by atoms with Crippen LogP contribution in [0.2, 0.25) is 0 Å². The molecule has 0 saturated carbocycles. The number of amides is 3. The number of nitrogens with one attached hydrogen (secondary N) is 2. The summed E-state index contributed by atoms with van der Waals surface area (Å²) < 4.78 is 0. The van der Waals surface area contributed by atoms with Crippen LogP contribution in [0.4, 0.5) is 17.1 Å². The highest BCUT2D eigenvalue weighted by molar-refractivity contribution is 6.02. The molecule has 2 aliphatic heterocycles. The second kappa shape index (κ2) is 10.7. The smallest absolute Gasteiger partial charge is 0.251 e. The van der Waals surface area contributed by atoms with E-state index in [0.717, 1.165) is 55.0 Å². The minimum absolute atomic E-state index is 0.000975. The minimum Gasteiger partial charge on any atom is -0.371 e. The van der Waals surface area contributed by atoms with Crippen molar-refractivity contribution in [2.75, 3.05) is 34.8 Å². The van der Waals surface area contributed by atoms with Gasteiger partial charge in [-0.05, 0) is 67.6 Å². The number of benzene rings is 2. The summed E-state index contributed by atoms with van der Waals surface area (Å²) in [4.78, 5) is 42.0. The van der Waals surface area contributed by atoms with Crippen LogP contribution in [-0.2, 0) is 16.0 Å². The summed E-state index contributed by atoms with van der Waals surface area (Å²) in [5.74, 6) is -0.475. The van der Waals surface area contributed by atoms with Gasteiger partial charge in [0.15, 0.2) is 0 Å². The Morgan fingerprint density at radius 3 is 2.56 bits per heavy atom. The zero-order chi connectivity index (χ0) is 24.1. The third kappa shape index (κ3) is 5.41. The minimum atomic E-state index is -0.620. The van der Waals surface area contributed by atoms with E-state index in [4.69, 9.17) is 0 Å². The number of hydrogen-bond acceptors (Lipinski definition) is 4. The molecule has 1 unspecified atom stereocenters. The van der Waals surface area contributed by atoms with Crippen LogP contribution in [-0.4, -0.2) is 43.4 Å². The zero-order valence-corrected chi connectivity index (χ0v) is 20.1. The predicted molar refractivity (Wildman–Crippen MR) is 135 cm³/mol. The molecule has 0 aliphatic carbocycles. The molecular weight excluding hydrogens is 428 g/mol. The molecule has 34 heavy (non-hydrogen) atoms. The number of hydrogen-bond donors (Lipinski definition) is 2. The fourth-order valence-corrected chi connectivity index (χ4v) is 4.77. The molecule has 2 heterocycles. The van der Waals surface area contributed by atoms with E-state index in [-0.39, 0.29) is 17.7 Å². The van der Waals surface area contributed by atoms with E-state index < -0.39 is 6.04 Å². The molecule has 1 fully saturated rings. The van der Waals surface area contributed by atoms with E-state index in [0.29, 0.717) is 18.5 Å². The highest BCUT2D eigenvalue weighted by atomic mass is 16.2. The van der Waals surface area contributed by atoms with Gasteiger partial charge in [0.25, 0.3) is 5.91 Å². The molecule has 1 saturated heterocycles. The Kier molecular flexibility index (Phi) is 7.50. The van der Waals surface area contributed by atoms with Crippen LogP contribution in [0.5, 0.6) is 0 Å². The van der Waals surface area contributed by atoms with Gasteiger partial charge in [0.2, 0.25) is 11.8 Å².